The number of rotatable bonds is 3. The highest BCUT2D eigenvalue weighted by Gasteiger charge is 2.23. The largest absolute Gasteiger partial charge is 0.377 e. The van der Waals surface area contributed by atoms with Crippen LogP contribution in [0.5, 0.6) is 0 Å². The lowest BCUT2D eigenvalue weighted by molar-refractivity contribution is 0.0747. The fraction of sp³-hybridized carbons (Fsp3) is 0.556. The summed E-state index contributed by atoms with van der Waals surface area (Å²) in [5, 5.41) is 11.7. The van der Waals surface area contributed by atoms with Crippen LogP contribution in [-0.2, 0) is 4.74 Å². The van der Waals surface area contributed by atoms with E-state index in [1.807, 2.05) is 4.90 Å². The second kappa shape index (κ2) is 8.13. The van der Waals surface area contributed by atoms with E-state index in [0.717, 1.165) is 64.3 Å². The Balaban J connectivity index is 1.49. The maximum Gasteiger partial charge on any atom is 0.321 e. The molecule has 0 spiro atoms. The summed E-state index contributed by atoms with van der Waals surface area (Å²) in [4.78, 5) is 16.7. The van der Waals surface area contributed by atoms with Crippen molar-refractivity contribution >= 4 is 11.7 Å². The molecule has 1 N–H and O–H groups in total. The maximum atomic E-state index is 12.4. The van der Waals surface area contributed by atoms with Gasteiger partial charge in [-0.15, -0.1) is 0 Å². The molecule has 2 aliphatic rings. The first kappa shape index (κ1) is 16.7. The maximum absolute atomic E-state index is 12.4. The molecule has 1 aromatic carbocycles. The molecule has 128 valence electrons. The van der Waals surface area contributed by atoms with E-state index in [1.54, 1.807) is 24.3 Å². The van der Waals surface area contributed by atoms with Crippen LogP contribution < -0.4 is 5.32 Å². The quantitative estimate of drug-likeness (QED) is 0.924. The summed E-state index contributed by atoms with van der Waals surface area (Å²) in [7, 11) is 0. The lowest BCUT2D eigenvalue weighted by Gasteiger charge is -2.24. The molecular weight excluding hydrogens is 304 g/mol. The molecule has 2 amide bonds. The van der Waals surface area contributed by atoms with Crippen molar-refractivity contribution in [2.75, 3.05) is 44.6 Å². The van der Waals surface area contributed by atoms with Gasteiger partial charge in [0.25, 0.3) is 0 Å². The second-order valence-corrected chi connectivity index (χ2v) is 6.40. The van der Waals surface area contributed by atoms with E-state index in [1.165, 1.54) is 0 Å². The van der Waals surface area contributed by atoms with Crippen LogP contribution in [0.2, 0.25) is 0 Å². The van der Waals surface area contributed by atoms with Crippen molar-refractivity contribution in [2.24, 2.45) is 0 Å². The number of hydrogen-bond donors (Lipinski definition) is 1. The number of nitrogens with zero attached hydrogens (tertiary/aromatic N) is 3. The van der Waals surface area contributed by atoms with Crippen molar-refractivity contribution in [3.8, 4) is 6.07 Å². The van der Waals surface area contributed by atoms with Crippen LogP contribution in [0.3, 0.4) is 0 Å². The SMILES string of the molecule is N#Cc1ccc(NC(=O)N2CCCN(C[C@H]3CCCO3)CC2)cc1. The normalized spacial score (nSPS) is 22.0. The zero-order valence-corrected chi connectivity index (χ0v) is 13.9. The Labute approximate surface area is 143 Å². The first-order valence-corrected chi connectivity index (χ1v) is 8.64. The van der Waals surface area contributed by atoms with Crippen molar-refractivity contribution in [2.45, 2.75) is 25.4 Å². The third-order valence-corrected chi connectivity index (χ3v) is 4.63. The predicted octanol–water partition coefficient (Wildman–Crippen LogP) is 2.28. The minimum absolute atomic E-state index is 0.0707. The predicted molar refractivity (Wildman–Crippen MR) is 91.8 cm³/mol. The molecule has 0 aromatic heterocycles. The summed E-state index contributed by atoms with van der Waals surface area (Å²) in [5.74, 6) is 0. The van der Waals surface area contributed by atoms with Gasteiger partial charge in [-0.2, -0.15) is 5.26 Å². The molecule has 0 unspecified atom stereocenters. The summed E-state index contributed by atoms with van der Waals surface area (Å²) in [6.45, 7) is 5.27. The van der Waals surface area contributed by atoms with Crippen molar-refractivity contribution in [3.63, 3.8) is 0 Å². The number of carbonyl (C=O) groups excluding carboxylic acids is 1. The molecule has 0 aliphatic carbocycles. The van der Waals surface area contributed by atoms with Crippen LogP contribution in [0, 0.1) is 11.3 Å². The minimum Gasteiger partial charge on any atom is -0.377 e. The highest BCUT2D eigenvalue weighted by atomic mass is 16.5. The molecule has 1 aromatic rings. The molecule has 1 atom stereocenters. The van der Waals surface area contributed by atoms with Gasteiger partial charge < -0.3 is 15.0 Å². The van der Waals surface area contributed by atoms with Crippen molar-refractivity contribution in [3.05, 3.63) is 29.8 Å². The molecule has 3 rings (SSSR count). The number of hydrogen-bond acceptors (Lipinski definition) is 4. The zero-order chi connectivity index (χ0) is 16.8. The fourth-order valence-corrected chi connectivity index (χ4v) is 3.26. The monoisotopic (exact) mass is 328 g/mol. The van der Waals surface area contributed by atoms with Crippen molar-refractivity contribution in [1.82, 2.24) is 9.80 Å². The Bertz CT molecular complexity index is 590. The Morgan fingerprint density at radius 3 is 2.75 bits per heavy atom. The molecule has 2 aliphatic heterocycles. The number of nitrogens with one attached hydrogen (secondary N) is 1. The first-order valence-electron chi connectivity index (χ1n) is 8.64. The van der Waals surface area contributed by atoms with Crippen LogP contribution in [0.4, 0.5) is 10.5 Å². The molecule has 0 saturated carbocycles. The van der Waals surface area contributed by atoms with Gasteiger partial charge in [0.15, 0.2) is 0 Å². The molecule has 2 fully saturated rings. The van der Waals surface area contributed by atoms with E-state index in [4.69, 9.17) is 10.00 Å². The average Bonchev–Trinajstić information content (AvgIpc) is 2.99. The highest BCUT2D eigenvalue weighted by Crippen LogP contribution is 2.15. The van der Waals surface area contributed by atoms with Crippen LogP contribution >= 0.6 is 0 Å². The Kier molecular flexibility index (Phi) is 5.68. The number of carbonyl (C=O) groups is 1. The number of nitriles is 1. The van der Waals surface area contributed by atoms with E-state index in [9.17, 15) is 4.79 Å². The van der Waals surface area contributed by atoms with Gasteiger partial charge >= 0.3 is 6.03 Å². The molecule has 0 bridgehead atoms. The standard InChI is InChI=1S/C18H24N4O2/c19-13-15-4-6-16(7-5-15)20-18(23)22-9-2-8-21(10-11-22)14-17-3-1-12-24-17/h4-7,17H,1-3,8-12,14H2,(H,20,23)/t17-/m1/s1. The lowest BCUT2D eigenvalue weighted by Crippen LogP contribution is -2.39. The molecule has 6 nitrogen and oxygen atoms in total. The van der Waals surface area contributed by atoms with E-state index >= 15 is 0 Å². The number of anilines is 1. The van der Waals surface area contributed by atoms with Crippen LogP contribution in [0.1, 0.15) is 24.8 Å². The molecule has 2 heterocycles. The van der Waals surface area contributed by atoms with E-state index in [0.29, 0.717) is 11.7 Å². The van der Waals surface area contributed by atoms with Crippen LogP contribution in [0.25, 0.3) is 0 Å². The Morgan fingerprint density at radius 2 is 2.04 bits per heavy atom. The van der Waals surface area contributed by atoms with Crippen molar-refractivity contribution in [1.29, 1.82) is 5.26 Å². The molecule has 6 heteroatoms. The van der Waals surface area contributed by atoms with Gasteiger partial charge in [0.1, 0.15) is 0 Å². The number of amides is 2. The van der Waals surface area contributed by atoms with Gasteiger partial charge in [0, 0.05) is 38.5 Å². The fourth-order valence-electron chi connectivity index (χ4n) is 3.26. The second-order valence-electron chi connectivity index (χ2n) is 6.40. The van der Waals surface area contributed by atoms with E-state index in [-0.39, 0.29) is 6.03 Å². The van der Waals surface area contributed by atoms with Gasteiger partial charge in [-0.1, -0.05) is 0 Å². The highest BCUT2D eigenvalue weighted by molar-refractivity contribution is 5.89. The average molecular weight is 328 g/mol. The number of ether oxygens (including phenoxy) is 1. The molecule has 0 radical (unpaired) electrons. The molecular formula is C18H24N4O2. The van der Waals surface area contributed by atoms with Gasteiger partial charge in [-0.05, 0) is 50.1 Å². The summed E-state index contributed by atoms with van der Waals surface area (Å²) >= 11 is 0. The van der Waals surface area contributed by atoms with Gasteiger partial charge in [0.2, 0.25) is 0 Å². The van der Waals surface area contributed by atoms with Gasteiger partial charge in [-0.3, -0.25) is 4.90 Å². The summed E-state index contributed by atoms with van der Waals surface area (Å²) < 4.78 is 5.71. The summed E-state index contributed by atoms with van der Waals surface area (Å²) in [6, 6.07) is 8.95. The van der Waals surface area contributed by atoms with Crippen LogP contribution in [-0.4, -0.2) is 61.3 Å². The smallest absolute Gasteiger partial charge is 0.321 e. The summed E-state index contributed by atoms with van der Waals surface area (Å²) in [6.07, 6.45) is 3.66. The minimum atomic E-state index is -0.0707. The first-order chi connectivity index (χ1) is 11.7. The van der Waals surface area contributed by atoms with E-state index in [2.05, 4.69) is 16.3 Å². The summed E-state index contributed by atoms with van der Waals surface area (Å²) in [5.41, 5.74) is 1.31. The number of benzene rings is 1. The van der Waals surface area contributed by atoms with E-state index < -0.39 is 0 Å². The third-order valence-electron chi connectivity index (χ3n) is 4.63. The Morgan fingerprint density at radius 1 is 1.21 bits per heavy atom. The van der Waals surface area contributed by atoms with Gasteiger partial charge in [0.05, 0.1) is 17.7 Å². The third kappa shape index (κ3) is 4.47. The van der Waals surface area contributed by atoms with Crippen LogP contribution in [0.15, 0.2) is 24.3 Å². The zero-order valence-electron chi connectivity index (χ0n) is 13.9. The number of urea groups is 1. The molecule has 2 saturated heterocycles. The van der Waals surface area contributed by atoms with Crippen molar-refractivity contribution < 1.29 is 9.53 Å². The lowest BCUT2D eigenvalue weighted by atomic mass is 10.2. The molecule has 24 heavy (non-hydrogen) atoms. The topological polar surface area (TPSA) is 68.6 Å². The Hall–Kier alpha value is -2.10. The van der Waals surface area contributed by atoms with Gasteiger partial charge in [-0.25, -0.2) is 4.79 Å².